The number of hydrogen-bond donors (Lipinski definition) is 2. The quantitative estimate of drug-likeness (QED) is 0.428. The third kappa shape index (κ3) is 3.44. The Morgan fingerprint density at radius 3 is 2.80 bits per heavy atom. The van der Waals surface area contributed by atoms with Gasteiger partial charge in [0.05, 0.1) is 6.42 Å². The van der Waals surface area contributed by atoms with Crippen LogP contribution >= 0.6 is 0 Å². The van der Waals surface area contributed by atoms with Crippen LogP contribution in [0.5, 0.6) is 0 Å². The molecule has 1 saturated heterocycles. The molecule has 1 saturated carbocycles. The number of esters is 1. The Labute approximate surface area is 173 Å². The number of Topliss-reactive ketones (excluding diaryl/α,β-unsaturated/α-hetero) is 1. The van der Waals surface area contributed by atoms with E-state index in [1.807, 2.05) is 6.92 Å². The lowest BCUT2D eigenvalue weighted by molar-refractivity contribution is -0.147. The maximum absolute atomic E-state index is 12.9. The number of carbonyl (C=O) groups excluding carboxylic acids is 5. The lowest BCUT2D eigenvalue weighted by Crippen LogP contribution is -2.54. The minimum Gasteiger partial charge on any atom is -0.456 e. The molecule has 1 spiro atoms. The number of ether oxygens (including phenoxy) is 1. The first-order chi connectivity index (χ1) is 14.3. The van der Waals surface area contributed by atoms with Crippen molar-refractivity contribution in [2.75, 3.05) is 18.5 Å². The molecule has 2 heterocycles. The minimum atomic E-state index is -0.943. The molecule has 0 radical (unpaired) electrons. The van der Waals surface area contributed by atoms with E-state index in [4.69, 9.17) is 4.74 Å². The van der Waals surface area contributed by atoms with Crippen molar-refractivity contribution in [3.8, 4) is 0 Å². The molecule has 2 aliphatic heterocycles. The van der Waals surface area contributed by atoms with E-state index in [1.165, 1.54) is 0 Å². The topological polar surface area (TPSA) is 122 Å². The molecule has 30 heavy (non-hydrogen) atoms. The maximum Gasteiger partial charge on any atom is 0.326 e. The third-order valence-electron chi connectivity index (χ3n) is 6.21. The molecule has 0 bridgehead atoms. The molecule has 9 nitrogen and oxygen atoms in total. The summed E-state index contributed by atoms with van der Waals surface area (Å²) in [5.74, 6) is -1.81. The molecular formula is C21H23N3O6. The molecule has 9 heteroatoms. The van der Waals surface area contributed by atoms with Crippen LogP contribution in [0.4, 0.5) is 10.5 Å². The van der Waals surface area contributed by atoms with Crippen molar-refractivity contribution in [2.24, 2.45) is 5.92 Å². The zero-order valence-corrected chi connectivity index (χ0v) is 16.7. The van der Waals surface area contributed by atoms with Crippen LogP contribution in [0.25, 0.3) is 0 Å². The summed E-state index contributed by atoms with van der Waals surface area (Å²) in [6.07, 6.45) is 3.43. The number of carbonyl (C=O) groups is 5. The van der Waals surface area contributed by atoms with Crippen molar-refractivity contribution in [3.05, 3.63) is 29.3 Å². The molecule has 158 valence electrons. The summed E-state index contributed by atoms with van der Waals surface area (Å²) in [7, 11) is 0. The van der Waals surface area contributed by atoms with Crippen molar-refractivity contribution in [3.63, 3.8) is 0 Å². The number of fused-ring (bicyclic) bond motifs is 1. The molecule has 2 fully saturated rings. The monoisotopic (exact) mass is 413 g/mol. The second-order valence-electron chi connectivity index (χ2n) is 8.12. The number of imide groups is 1. The van der Waals surface area contributed by atoms with E-state index in [0.29, 0.717) is 23.2 Å². The number of benzene rings is 1. The predicted octanol–water partition coefficient (Wildman–Crippen LogP) is 1.41. The SMILES string of the molecule is C[C@@H]1CCCC[C@]12NC(=O)N(CC(=O)OCC(=O)c1ccc3c(c1)CC(=O)N3)C2=O. The van der Waals surface area contributed by atoms with Crippen LogP contribution in [-0.2, 0) is 25.5 Å². The van der Waals surface area contributed by atoms with Gasteiger partial charge in [-0.15, -0.1) is 0 Å². The number of urea groups is 1. The first-order valence-corrected chi connectivity index (χ1v) is 10.1. The molecular weight excluding hydrogens is 390 g/mol. The summed E-state index contributed by atoms with van der Waals surface area (Å²) in [5.41, 5.74) is 0.755. The highest BCUT2D eigenvalue weighted by Gasteiger charge is 2.55. The molecule has 1 aromatic rings. The average molecular weight is 413 g/mol. The van der Waals surface area contributed by atoms with Crippen molar-refractivity contribution >= 4 is 35.3 Å². The Balaban J connectivity index is 1.34. The summed E-state index contributed by atoms with van der Waals surface area (Å²) in [6, 6.07) is 4.17. The molecule has 1 aromatic carbocycles. The van der Waals surface area contributed by atoms with Crippen LogP contribution in [0, 0.1) is 5.92 Å². The highest BCUT2D eigenvalue weighted by Crippen LogP contribution is 2.38. The second kappa shape index (κ2) is 7.55. The van der Waals surface area contributed by atoms with Crippen LogP contribution < -0.4 is 10.6 Å². The molecule has 0 aromatic heterocycles. The van der Waals surface area contributed by atoms with Gasteiger partial charge in [0, 0.05) is 11.3 Å². The van der Waals surface area contributed by atoms with Crippen molar-refractivity contribution < 1.29 is 28.7 Å². The Morgan fingerprint density at radius 2 is 2.03 bits per heavy atom. The predicted molar refractivity (Wildman–Crippen MR) is 105 cm³/mol. The van der Waals surface area contributed by atoms with E-state index < -0.39 is 42.4 Å². The number of rotatable bonds is 5. The number of nitrogens with one attached hydrogen (secondary N) is 2. The highest BCUT2D eigenvalue weighted by molar-refractivity contribution is 6.09. The largest absolute Gasteiger partial charge is 0.456 e. The zero-order chi connectivity index (χ0) is 21.5. The van der Waals surface area contributed by atoms with Crippen LogP contribution in [0.3, 0.4) is 0 Å². The lowest BCUT2D eigenvalue weighted by Gasteiger charge is -2.36. The molecule has 2 atom stereocenters. The first kappa shape index (κ1) is 20.1. The summed E-state index contributed by atoms with van der Waals surface area (Å²) in [4.78, 5) is 62.0. The van der Waals surface area contributed by atoms with Crippen LogP contribution in [0.15, 0.2) is 18.2 Å². The standard InChI is InChI=1S/C21H23N3O6/c1-12-4-2-3-7-21(12)19(28)24(20(29)23-21)10-18(27)30-11-16(25)13-5-6-15-14(8-13)9-17(26)22-15/h5-6,8,12H,2-4,7,9-11H2,1H3,(H,22,26)(H,23,29)/t12-,21+/m1/s1. The number of ketones is 1. The number of nitrogens with zero attached hydrogens (tertiary/aromatic N) is 1. The average Bonchev–Trinajstić information content (AvgIpc) is 3.20. The van der Waals surface area contributed by atoms with Gasteiger partial charge < -0.3 is 15.4 Å². The number of amides is 4. The Morgan fingerprint density at radius 1 is 1.23 bits per heavy atom. The fourth-order valence-electron chi connectivity index (χ4n) is 4.45. The normalized spacial score (nSPS) is 25.2. The fourth-order valence-corrected chi connectivity index (χ4v) is 4.45. The van der Waals surface area contributed by atoms with Gasteiger partial charge in [-0.1, -0.05) is 19.8 Å². The summed E-state index contributed by atoms with van der Waals surface area (Å²) in [6.45, 7) is 0.886. The Kier molecular flexibility index (Phi) is 5.05. The Bertz CT molecular complexity index is 958. The van der Waals surface area contributed by atoms with Crippen molar-refractivity contribution in [1.29, 1.82) is 0 Å². The third-order valence-corrected chi connectivity index (χ3v) is 6.21. The van der Waals surface area contributed by atoms with E-state index in [0.717, 1.165) is 24.2 Å². The minimum absolute atomic E-state index is 0.00789. The van der Waals surface area contributed by atoms with Crippen molar-refractivity contribution in [2.45, 2.75) is 44.6 Å². The fraction of sp³-hybridized carbons (Fsp3) is 0.476. The Hall–Kier alpha value is -3.23. The van der Waals surface area contributed by atoms with Gasteiger partial charge in [0.15, 0.2) is 12.4 Å². The van der Waals surface area contributed by atoms with E-state index in [1.54, 1.807) is 18.2 Å². The van der Waals surface area contributed by atoms with E-state index >= 15 is 0 Å². The molecule has 1 aliphatic carbocycles. The summed E-state index contributed by atoms with van der Waals surface area (Å²) < 4.78 is 5.02. The number of anilines is 1. The van der Waals surface area contributed by atoms with Crippen LogP contribution in [0.1, 0.15) is 48.5 Å². The second-order valence-corrected chi connectivity index (χ2v) is 8.12. The van der Waals surface area contributed by atoms with Crippen LogP contribution in [0.2, 0.25) is 0 Å². The molecule has 4 amide bonds. The zero-order valence-electron chi connectivity index (χ0n) is 16.7. The van der Waals surface area contributed by atoms with Gasteiger partial charge in [-0.2, -0.15) is 0 Å². The summed E-state index contributed by atoms with van der Waals surface area (Å²) >= 11 is 0. The van der Waals surface area contributed by atoms with Gasteiger partial charge >= 0.3 is 12.0 Å². The van der Waals surface area contributed by atoms with Gasteiger partial charge in [0.2, 0.25) is 5.91 Å². The van der Waals surface area contributed by atoms with Crippen molar-refractivity contribution in [1.82, 2.24) is 10.2 Å². The number of hydrogen-bond acceptors (Lipinski definition) is 6. The van der Waals surface area contributed by atoms with Gasteiger partial charge in [-0.05, 0) is 42.5 Å². The van der Waals surface area contributed by atoms with E-state index in [9.17, 15) is 24.0 Å². The van der Waals surface area contributed by atoms with Crippen LogP contribution in [-0.4, -0.2) is 53.2 Å². The maximum atomic E-state index is 12.9. The molecule has 4 rings (SSSR count). The first-order valence-electron chi connectivity index (χ1n) is 10.1. The van der Waals surface area contributed by atoms with Gasteiger partial charge in [0.25, 0.3) is 5.91 Å². The van der Waals surface area contributed by atoms with Gasteiger partial charge in [0.1, 0.15) is 12.1 Å². The smallest absolute Gasteiger partial charge is 0.326 e. The molecule has 0 unspecified atom stereocenters. The lowest BCUT2D eigenvalue weighted by atomic mass is 9.73. The van der Waals surface area contributed by atoms with E-state index in [-0.39, 0.29) is 18.2 Å². The van der Waals surface area contributed by atoms with Gasteiger partial charge in [-0.3, -0.25) is 24.1 Å². The summed E-state index contributed by atoms with van der Waals surface area (Å²) in [5, 5.41) is 5.45. The molecule has 2 N–H and O–H groups in total. The highest BCUT2D eigenvalue weighted by atomic mass is 16.5. The van der Waals surface area contributed by atoms with E-state index in [2.05, 4.69) is 10.6 Å². The van der Waals surface area contributed by atoms with Gasteiger partial charge in [-0.25, -0.2) is 4.79 Å². The molecule has 3 aliphatic rings.